The molecule has 0 aliphatic rings. The SMILES string of the molecule is Fc1cccc(N=C=S)n1. The molecule has 50 valence electrons. The van der Waals surface area contributed by atoms with E-state index >= 15 is 0 Å². The van der Waals surface area contributed by atoms with Crippen LogP contribution in [0.4, 0.5) is 10.2 Å². The Morgan fingerprint density at radius 3 is 3.00 bits per heavy atom. The first kappa shape index (κ1) is 6.99. The van der Waals surface area contributed by atoms with Gasteiger partial charge in [-0.2, -0.15) is 14.4 Å². The van der Waals surface area contributed by atoms with Gasteiger partial charge in [0.05, 0.1) is 5.16 Å². The number of nitrogens with zero attached hydrogens (tertiary/aromatic N) is 2. The van der Waals surface area contributed by atoms with Crippen LogP contribution in [0.1, 0.15) is 0 Å². The Kier molecular flexibility index (Phi) is 2.20. The molecule has 0 aliphatic carbocycles. The van der Waals surface area contributed by atoms with Crippen LogP contribution in [0.25, 0.3) is 0 Å². The van der Waals surface area contributed by atoms with Crippen LogP contribution in [0.2, 0.25) is 0 Å². The van der Waals surface area contributed by atoms with Crippen LogP contribution < -0.4 is 0 Å². The van der Waals surface area contributed by atoms with Crippen LogP contribution in [0.15, 0.2) is 23.2 Å². The molecule has 0 unspecified atom stereocenters. The fraction of sp³-hybridized carbons (Fsp3) is 0. The lowest BCUT2D eigenvalue weighted by atomic mass is 10.5. The predicted molar refractivity (Wildman–Crippen MR) is 38.9 cm³/mol. The molecule has 0 amide bonds. The second kappa shape index (κ2) is 3.15. The molecule has 10 heavy (non-hydrogen) atoms. The highest BCUT2D eigenvalue weighted by Crippen LogP contribution is 2.05. The van der Waals surface area contributed by atoms with Gasteiger partial charge in [-0.15, -0.1) is 0 Å². The quantitative estimate of drug-likeness (QED) is 0.351. The Balaban J connectivity index is 3.06. The van der Waals surface area contributed by atoms with E-state index in [1.165, 1.54) is 12.1 Å². The third kappa shape index (κ3) is 1.69. The molecule has 1 heterocycles. The number of pyridine rings is 1. The molecule has 0 radical (unpaired) electrons. The van der Waals surface area contributed by atoms with E-state index < -0.39 is 5.95 Å². The van der Waals surface area contributed by atoms with Crippen molar-refractivity contribution in [3.05, 3.63) is 24.1 Å². The highest BCUT2D eigenvalue weighted by molar-refractivity contribution is 7.78. The molecule has 1 aromatic heterocycles. The maximum atomic E-state index is 12.3. The van der Waals surface area contributed by atoms with Gasteiger partial charge < -0.3 is 0 Å². The van der Waals surface area contributed by atoms with E-state index in [0.717, 1.165) is 0 Å². The lowest BCUT2D eigenvalue weighted by Gasteiger charge is -1.87. The van der Waals surface area contributed by atoms with Gasteiger partial charge in [-0.25, -0.2) is 0 Å². The summed E-state index contributed by atoms with van der Waals surface area (Å²) < 4.78 is 12.3. The summed E-state index contributed by atoms with van der Waals surface area (Å²) in [5.74, 6) is -0.318. The van der Waals surface area contributed by atoms with E-state index in [2.05, 4.69) is 27.4 Å². The summed E-state index contributed by atoms with van der Waals surface area (Å²) in [7, 11) is 0. The zero-order valence-electron chi connectivity index (χ0n) is 4.91. The van der Waals surface area contributed by atoms with Crippen molar-refractivity contribution in [2.24, 2.45) is 4.99 Å². The number of hydrogen-bond acceptors (Lipinski definition) is 3. The highest BCUT2D eigenvalue weighted by atomic mass is 32.1. The molecule has 0 saturated heterocycles. The van der Waals surface area contributed by atoms with Crippen molar-refractivity contribution >= 4 is 23.2 Å². The van der Waals surface area contributed by atoms with E-state index in [-0.39, 0.29) is 5.82 Å². The van der Waals surface area contributed by atoms with Crippen molar-refractivity contribution in [1.82, 2.24) is 4.98 Å². The number of aliphatic imine (C=N–C) groups is 1. The monoisotopic (exact) mass is 154 g/mol. The third-order valence-corrected chi connectivity index (χ3v) is 0.952. The molecule has 4 heteroatoms. The van der Waals surface area contributed by atoms with Gasteiger partial charge in [0.15, 0.2) is 5.82 Å². The normalized spacial score (nSPS) is 8.50. The fourth-order valence-corrected chi connectivity index (χ4v) is 0.600. The van der Waals surface area contributed by atoms with Gasteiger partial charge in [0.2, 0.25) is 5.95 Å². The molecule has 0 bridgehead atoms. The highest BCUT2D eigenvalue weighted by Gasteiger charge is 1.90. The molecule has 0 spiro atoms. The van der Waals surface area contributed by atoms with Gasteiger partial charge >= 0.3 is 0 Å². The average Bonchev–Trinajstić information content (AvgIpc) is 1.88. The molecule has 0 atom stereocenters. The van der Waals surface area contributed by atoms with Crippen LogP contribution in [0.5, 0.6) is 0 Å². The lowest BCUT2D eigenvalue weighted by molar-refractivity contribution is 0.585. The van der Waals surface area contributed by atoms with E-state index in [0.29, 0.717) is 0 Å². The van der Waals surface area contributed by atoms with Gasteiger partial charge in [0.1, 0.15) is 0 Å². The summed E-state index contributed by atoms with van der Waals surface area (Å²) in [5.41, 5.74) is 0. The van der Waals surface area contributed by atoms with Gasteiger partial charge in [0.25, 0.3) is 0 Å². The second-order valence-corrected chi connectivity index (χ2v) is 1.70. The van der Waals surface area contributed by atoms with Crippen LogP contribution in [-0.2, 0) is 0 Å². The van der Waals surface area contributed by atoms with E-state index in [1.807, 2.05) is 0 Å². The minimum absolute atomic E-state index is 0.245. The van der Waals surface area contributed by atoms with Gasteiger partial charge in [-0.3, -0.25) is 0 Å². The van der Waals surface area contributed by atoms with Crippen LogP contribution in [-0.4, -0.2) is 10.1 Å². The average molecular weight is 154 g/mol. The van der Waals surface area contributed by atoms with Gasteiger partial charge in [-0.05, 0) is 24.4 Å². The zero-order valence-corrected chi connectivity index (χ0v) is 5.73. The second-order valence-electron chi connectivity index (χ2n) is 1.52. The first-order chi connectivity index (χ1) is 4.83. The summed E-state index contributed by atoms with van der Waals surface area (Å²) in [4.78, 5) is 6.88. The number of aromatic nitrogens is 1. The first-order valence-electron chi connectivity index (χ1n) is 2.53. The summed E-state index contributed by atoms with van der Waals surface area (Å²) in [6.07, 6.45) is 0. The van der Waals surface area contributed by atoms with Crippen LogP contribution >= 0.6 is 12.2 Å². The minimum atomic E-state index is -0.563. The van der Waals surface area contributed by atoms with Crippen LogP contribution in [0, 0.1) is 5.95 Å². The Morgan fingerprint density at radius 1 is 1.60 bits per heavy atom. The lowest BCUT2D eigenvalue weighted by Crippen LogP contribution is -1.78. The summed E-state index contributed by atoms with van der Waals surface area (Å²) >= 11 is 4.30. The standard InChI is InChI=1S/C6H3FN2S/c7-5-2-1-3-6(9-5)8-4-10/h1-3H. The van der Waals surface area contributed by atoms with Crippen molar-refractivity contribution in [1.29, 1.82) is 0 Å². The maximum absolute atomic E-state index is 12.3. The molecule has 0 fully saturated rings. The van der Waals surface area contributed by atoms with E-state index in [9.17, 15) is 4.39 Å². The van der Waals surface area contributed by atoms with Gasteiger partial charge in [0, 0.05) is 0 Å². The number of isothiocyanates is 1. The van der Waals surface area contributed by atoms with Gasteiger partial charge in [-0.1, -0.05) is 6.07 Å². The molecule has 2 nitrogen and oxygen atoms in total. The zero-order chi connectivity index (χ0) is 7.40. The molecule has 1 rings (SSSR count). The third-order valence-electron chi connectivity index (χ3n) is 0.861. The Labute approximate surface area is 62.4 Å². The number of thiocarbonyl (C=S) groups is 1. The molecule has 1 aromatic rings. The summed E-state index contributed by atoms with van der Waals surface area (Å²) in [6, 6.07) is 4.29. The van der Waals surface area contributed by atoms with E-state index in [4.69, 9.17) is 0 Å². The van der Waals surface area contributed by atoms with Crippen LogP contribution in [0.3, 0.4) is 0 Å². The van der Waals surface area contributed by atoms with E-state index in [1.54, 1.807) is 6.07 Å². The smallest absolute Gasteiger partial charge is 0.199 e. The first-order valence-corrected chi connectivity index (χ1v) is 2.94. The Bertz CT molecular complexity index is 281. The topological polar surface area (TPSA) is 25.2 Å². The Morgan fingerprint density at radius 2 is 2.40 bits per heavy atom. The number of hydrogen-bond donors (Lipinski definition) is 0. The van der Waals surface area contributed by atoms with Crippen molar-refractivity contribution < 1.29 is 4.39 Å². The maximum Gasteiger partial charge on any atom is 0.214 e. The molecule has 0 aliphatic heterocycles. The molecule has 0 aromatic carbocycles. The van der Waals surface area contributed by atoms with Crippen molar-refractivity contribution in [3.8, 4) is 0 Å². The number of rotatable bonds is 1. The van der Waals surface area contributed by atoms with Crippen molar-refractivity contribution in [2.45, 2.75) is 0 Å². The van der Waals surface area contributed by atoms with Crippen molar-refractivity contribution in [3.63, 3.8) is 0 Å². The Hall–Kier alpha value is -1.12. The summed E-state index contributed by atoms with van der Waals surface area (Å²) in [6.45, 7) is 0. The summed E-state index contributed by atoms with van der Waals surface area (Å²) in [5, 5.41) is 2.09. The fourth-order valence-electron chi connectivity index (χ4n) is 0.507. The molecule has 0 N–H and O–H groups in total. The predicted octanol–water partition coefficient (Wildman–Crippen LogP) is 1.95. The molecular weight excluding hydrogens is 151 g/mol. The minimum Gasteiger partial charge on any atom is -0.199 e. The number of halogens is 1. The molecular formula is C6H3FN2S. The largest absolute Gasteiger partial charge is 0.214 e. The van der Waals surface area contributed by atoms with Crippen molar-refractivity contribution in [2.75, 3.05) is 0 Å². The molecule has 0 saturated carbocycles.